The molecule has 5 heteroatoms. The fraction of sp³-hybridized carbons (Fsp3) is 0.625. The van der Waals surface area contributed by atoms with Crippen molar-refractivity contribution in [2.24, 2.45) is 0 Å². The van der Waals surface area contributed by atoms with Gasteiger partial charge in [-0.2, -0.15) is 0 Å². The van der Waals surface area contributed by atoms with Crippen LogP contribution < -0.4 is 10.6 Å². The topological polar surface area (TPSA) is 57.3 Å². The molecule has 0 bridgehead atoms. The van der Waals surface area contributed by atoms with Gasteiger partial charge in [0.1, 0.15) is 5.69 Å². The first-order chi connectivity index (χ1) is 10.1. The summed E-state index contributed by atoms with van der Waals surface area (Å²) in [7, 11) is 1.61. The second kappa shape index (κ2) is 9.34. The number of pyridine rings is 1. The minimum atomic E-state index is -0.159. The summed E-state index contributed by atoms with van der Waals surface area (Å²) < 4.78 is 0. The summed E-state index contributed by atoms with van der Waals surface area (Å²) in [4.78, 5) is 18.1. The van der Waals surface area contributed by atoms with Gasteiger partial charge in [0.25, 0.3) is 5.91 Å². The molecule has 0 aliphatic heterocycles. The zero-order valence-corrected chi connectivity index (χ0v) is 13.6. The van der Waals surface area contributed by atoms with Gasteiger partial charge in [-0.05, 0) is 51.5 Å². The maximum Gasteiger partial charge on any atom is 0.269 e. The summed E-state index contributed by atoms with van der Waals surface area (Å²) in [5, 5.41) is 6.02. The lowest BCUT2D eigenvalue weighted by Crippen LogP contribution is -2.25. The molecular formula is C16H28N4O. The van der Waals surface area contributed by atoms with Gasteiger partial charge in [-0.25, -0.2) is 0 Å². The molecule has 0 fully saturated rings. The molecular weight excluding hydrogens is 264 g/mol. The monoisotopic (exact) mass is 292 g/mol. The molecule has 1 aromatic rings. The normalized spacial score (nSPS) is 12.2. The van der Waals surface area contributed by atoms with Gasteiger partial charge in [-0.15, -0.1) is 0 Å². The van der Waals surface area contributed by atoms with Crippen molar-refractivity contribution in [1.29, 1.82) is 0 Å². The molecule has 0 radical (unpaired) electrons. The minimum Gasteiger partial charge on any atom is -0.382 e. The van der Waals surface area contributed by atoms with Crippen LogP contribution in [0.2, 0.25) is 0 Å². The standard InChI is InChI=1S/C16H28N4O/c1-5-20(6-2)11-7-8-13(3)19-14-9-10-18-15(12-14)16(21)17-4/h9-10,12-13H,5-8,11H2,1-4H3,(H,17,21)(H,18,19). The van der Waals surface area contributed by atoms with E-state index in [0.29, 0.717) is 11.7 Å². The molecule has 1 atom stereocenters. The molecule has 1 heterocycles. The molecule has 0 aliphatic carbocycles. The number of carbonyl (C=O) groups is 1. The summed E-state index contributed by atoms with van der Waals surface area (Å²) >= 11 is 0. The van der Waals surface area contributed by atoms with Crippen molar-refractivity contribution in [3.05, 3.63) is 24.0 Å². The molecule has 0 spiro atoms. The van der Waals surface area contributed by atoms with Crippen LogP contribution in [-0.4, -0.2) is 48.5 Å². The fourth-order valence-electron chi connectivity index (χ4n) is 2.29. The summed E-state index contributed by atoms with van der Waals surface area (Å²) in [6, 6.07) is 4.06. The Labute approximate surface area is 128 Å². The predicted octanol–water partition coefficient (Wildman–Crippen LogP) is 2.36. The minimum absolute atomic E-state index is 0.159. The molecule has 0 saturated carbocycles. The van der Waals surface area contributed by atoms with Gasteiger partial charge in [0.15, 0.2) is 0 Å². The molecule has 1 aromatic heterocycles. The third-order valence-electron chi connectivity index (χ3n) is 3.64. The van der Waals surface area contributed by atoms with Crippen LogP contribution in [0, 0.1) is 0 Å². The fourth-order valence-corrected chi connectivity index (χ4v) is 2.29. The highest BCUT2D eigenvalue weighted by atomic mass is 16.1. The molecule has 21 heavy (non-hydrogen) atoms. The van der Waals surface area contributed by atoms with E-state index in [-0.39, 0.29) is 5.91 Å². The average molecular weight is 292 g/mol. The van der Waals surface area contributed by atoms with Crippen molar-refractivity contribution in [3.63, 3.8) is 0 Å². The van der Waals surface area contributed by atoms with E-state index in [4.69, 9.17) is 0 Å². The van der Waals surface area contributed by atoms with Gasteiger partial charge in [-0.3, -0.25) is 9.78 Å². The zero-order chi connectivity index (χ0) is 15.7. The van der Waals surface area contributed by atoms with Crippen molar-refractivity contribution in [2.45, 2.75) is 39.7 Å². The van der Waals surface area contributed by atoms with Crippen LogP contribution in [0.3, 0.4) is 0 Å². The highest BCUT2D eigenvalue weighted by Crippen LogP contribution is 2.12. The number of hydrogen-bond acceptors (Lipinski definition) is 4. The van der Waals surface area contributed by atoms with Crippen molar-refractivity contribution in [1.82, 2.24) is 15.2 Å². The maximum absolute atomic E-state index is 11.6. The summed E-state index contributed by atoms with van der Waals surface area (Å²) in [5.74, 6) is -0.159. The quantitative estimate of drug-likeness (QED) is 0.733. The second-order valence-corrected chi connectivity index (χ2v) is 5.22. The first kappa shape index (κ1) is 17.4. The molecule has 1 unspecified atom stereocenters. The van der Waals surface area contributed by atoms with Crippen LogP contribution in [-0.2, 0) is 0 Å². The highest BCUT2D eigenvalue weighted by Gasteiger charge is 2.08. The average Bonchev–Trinajstić information content (AvgIpc) is 2.51. The van der Waals surface area contributed by atoms with Gasteiger partial charge in [0, 0.05) is 25.0 Å². The van der Waals surface area contributed by atoms with Crippen molar-refractivity contribution < 1.29 is 4.79 Å². The third-order valence-corrected chi connectivity index (χ3v) is 3.64. The summed E-state index contributed by atoms with van der Waals surface area (Å²) in [5.41, 5.74) is 1.39. The third kappa shape index (κ3) is 6.12. The smallest absolute Gasteiger partial charge is 0.269 e. The molecule has 1 rings (SSSR count). The Morgan fingerprint density at radius 1 is 1.38 bits per heavy atom. The Hall–Kier alpha value is -1.62. The molecule has 2 N–H and O–H groups in total. The van der Waals surface area contributed by atoms with E-state index in [1.165, 1.54) is 6.42 Å². The molecule has 0 aromatic carbocycles. The van der Waals surface area contributed by atoms with Crippen LogP contribution in [0.1, 0.15) is 44.1 Å². The van der Waals surface area contributed by atoms with Gasteiger partial charge in [-0.1, -0.05) is 13.8 Å². The van der Waals surface area contributed by atoms with E-state index in [2.05, 4.69) is 41.3 Å². The largest absolute Gasteiger partial charge is 0.382 e. The summed E-state index contributed by atoms with van der Waals surface area (Å²) in [6.07, 6.45) is 3.94. The van der Waals surface area contributed by atoms with Gasteiger partial charge in [0.2, 0.25) is 0 Å². The highest BCUT2D eigenvalue weighted by molar-refractivity contribution is 5.92. The lowest BCUT2D eigenvalue weighted by Gasteiger charge is -2.20. The van der Waals surface area contributed by atoms with E-state index >= 15 is 0 Å². The second-order valence-electron chi connectivity index (χ2n) is 5.22. The van der Waals surface area contributed by atoms with E-state index in [0.717, 1.165) is 31.7 Å². The lowest BCUT2D eigenvalue weighted by atomic mass is 10.1. The Kier molecular flexibility index (Phi) is 7.75. The Morgan fingerprint density at radius 3 is 2.71 bits per heavy atom. The first-order valence-electron chi connectivity index (χ1n) is 7.77. The van der Waals surface area contributed by atoms with Gasteiger partial charge < -0.3 is 15.5 Å². The summed E-state index contributed by atoms with van der Waals surface area (Å²) in [6.45, 7) is 9.92. The Morgan fingerprint density at radius 2 is 2.10 bits per heavy atom. The van der Waals surface area contributed by atoms with E-state index in [1.54, 1.807) is 19.3 Å². The Balaban J connectivity index is 2.44. The molecule has 0 aliphatic rings. The van der Waals surface area contributed by atoms with E-state index in [1.807, 2.05) is 6.07 Å². The van der Waals surface area contributed by atoms with Crippen LogP contribution in [0.4, 0.5) is 5.69 Å². The molecule has 5 nitrogen and oxygen atoms in total. The van der Waals surface area contributed by atoms with Crippen molar-refractivity contribution in [3.8, 4) is 0 Å². The Bertz CT molecular complexity index is 432. The number of rotatable bonds is 9. The molecule has 1 amide bonds. The van der Waals surface area contributed by atoms with E-state index in [9.17, 15) is 4.79 Å². The van der Waals surface area contributed by atoms with Crippen LogP contribution in [0.5, 0.6) is 0 Å². The number of amides is 1. The SMILES string of the molecule is CCN(CC)CCCC(C)Nc1ccnc(C(=O)NC)c1. The van der Waals surface area contributed by atoms with Gasteiger partial charge in [0.05, 0.1) is 0 Å². The number of carbonyl (C=O) groups excluding carboxylic acids is 1. The number of hydrogen-bond donors (Lipinski definition) is 2. The van der Waals surface area contributed by atoms with Crippen molar-refractivity contribution in [2.75, 3.05) is 32.0 Å². The first-order valence-corrected chi connectivity index (χ1v) is 7.77. The predicted molar refractivity (Wildman–Crippen MR) is 87.7 cm³/mol. The van der Waals surface area contributed by atoms with Crippen LogP contribution in [0.15, 0.2) is 18.3 Å². The number of nitrogens with zero attached hydrogens (tertiary/aromatic N) is 2. The van der Waals surface area contributed by atoms with Crippen LogP contribution in [0.25, 0.3) is 0 Å². The molecule has 0 saturated heterocycles. The number of aromatic nitrogens is 1. The molecule has 118 valence electrons. The number of nitrogens with one attached hydrogen (secondary N) is 2. The maximum atomic E-state index is 11.6. The van der Waals surface area contributed by atoms with E-state index < -0.39 is 0 Å². The van der Waals surface area contributed by atoms with Gasteiger partial charge >= 0.3 is 0 Å². The van der Waals surface area contributed by atoms with Crippen molar-refractivity contribution >= 4 is 11.6 Å². The van der Waals surface area contributed by atoms with Crippen LogP contribution >= 0.6 is 0 Å². The number of anilines is 1. The zero-order valence-electron chi connectivity index (χ0n) is 13.6. The lowest BCUT2D eigenvalue weighted by molar-refractivity contribution is 0.0958.